The van der Waals surface area contributed by atoms with E-state index < -0.39 is 6.10 Å². The maximum atomic E-state index is 14.2. The molecule has 7 heteroatoms. The summed E-state index contributed by atoms with van der Waals surface area (Å²) in [6.07, 6.45) is 6.14. The molecule has 1 aliphatic heterocycles. The van der Waals surface area contributed by atoms with Crippen LogP contribution in [0.5, 0.6) is 0 Å². The molecule has 2 aromatic heterocycles. The molecule has 1 fully saturated rings. The lowest BCUT2D eigenvalue weighted by atomic mass is 9.96. The normalized spacial score (nSPS) is 17.1. The van der Waals surface area contributed by atoms with Crippen LogP contribution in [0.25, 0.3) is 17.1 Å². The number of hydrogen-bond donors (Lipinski definition) is 1. The highest BCUT2D eigenvalue weighted by molar-refractivity contribution is 5.73. The third-order valence-corrected chi connectivity index (χ3v) is 4.63. The van der Waals surface area contributed by atoms with Gasteiger partial charge in [0, 0.05) is 5.56 Å². The van der Waals surface area contributed by atoms with E-state index in [4.69, 9.17) is 0 Å². The molecule has 1 aliphatic carbocycles. The molecule has 3 heterocycles. The Kier molecular flexibility index (Phi) is 2.52. The van der Waals surface area contributed by atoms with Crippen molar-refractivity contribution in [2.75, 3.05) is 0 Å². The number of nitrogens with zero attached hydrogens (tertiary/aromatic N) is 5. The second-order valence-electron chi connectivity index (χ2n) is 6.17. The molecular formula is C16H14FN5O. The van der Waals surface area contributed by atoms with Crippen molar-refractivity contribution in [3.05, 3.63) is 48.1 Å². The van der Waals surface area contributed by atoms with Crippen molar-refractivity contribution in [2.24, 2.45) is 5.92 Å². The third kappa shape index (κ3) is 1.86. The van der Waals surface area contributed by atoms with Crippen molar-refractivity contribution in [1.82, 2.24) is 24.3 Å². The fourth-order valence-corrected chi connectivity index (χ4v) is 3.33. The first-order valence-corrected chi connectivity index (χ1v) is 7.63. The zero-order valence-corrected chi connectivity index (χ0v) is 12.2. The third-order valence-electron chi connectivity index (χ3n) is 4.63. The fourth-order valence-electron chi connectivity index (χ4n) is 3.33. The van der Waals surface area contributed by atoms with Crippen molar-refractivity contribution in [3.8, 4) is 17.1 Å². The second kappa shape index (κ2) is 4.48. The van der Waals surface area contributed by atoms with E-state index in [1.165, 1.54) is 18.5 Å². The van der Waals surface area contributed by atoms with Gasteiger partial charge in [0.1, 0.15) is 12.1 Å². The number of benzene rings is 1. The Morgan fingerprint density at radius 1 is 1.30 bits per heavy atom. The second-order valence-corrected chi connectivity index (χ2v) is 6.17. The summed E-state index contributed by atoms with van der Waals surface area (Å²) in [5.74, 6) is 0.479. The Balaban J connectivity index is 1.86. The van der Waals surface area contributed by atoms with Crippen LogP contribution >= 0.6 is 0 Å². The zero-order chi connectivity index (χ0) is 15.6. The number of rotatable bonds is 2. The molecule has 6 nitrogen and oxygen atoms in total. The lowest BCUT2D eigenvalue weighted by Crippen LogP contribution is -2.08. The number of aromatic nitrogens is 5. The number of aliphatic hydroxyl groups excluding tert-OH is 1. The van der Waals surface area contributed by atoms with Crippen LogP contribution in [0.15, 0.2) is 31.0 Å². The van der Waals surface area contributed by atoms with E-state index in [-0.39, 0.29) is 11.7 Å². The van der Waals surface area contributed by atoms with Crippen molar-refractivity contribution >= 4 is 0 Å². The highest BCUT2D eigenvalue weighted by Crippen LogP contribution is 2.45. The molecule has 1 saturated carbocycles. The van der Waals surface area contributed by atoms with Gasteiger partial charge < -0.3 is 9.67 Å². The van der Waals surface area contributed by atoms with Gasteiger partial charge in [0.15, 0.2) is 5.82 Å². The van der Waals surface area contributed by atoms with Gasteiger partial charge in [-0.2, -0.15) is 5.10 Å². The SMILES string of the molecule is OC(c1cc(F)cc2c1-c1ncnn1Cc1cncn1-2)C1CC1. The lowest BCUT2D eigenvalue weighted by molar-refractivity contribution is 0.154. The minimum absolute atomic E-state index is 0.197. The summed E-state index contributed by atoms with van der Waals surface area (Å²) >= 11 is 0. The number of halogens is 1. The van der Waals surface area contributed by atoms with Crippen LogP contribution in [-0.4, -0.2) is 29.4 Å². The van der Waals surface area contributed by atoms with E-state index in [0.717, 1.165) is 24.1 Å². The molecule has 0 saturated heterocycles. The highest BCUT2D eigenvalue weighted by atomic mass is 19.1. The summed E-state index contributed by atoms with van der Waals surface area (Å²) in [5, 5.41) is 14.9. The van der Waals surface area contributed by atoms with Crippen LogP contribution in [0.2, 0.25) is 0 Å². The largest absolute Gasteiger partial charge is 0.388 e. The van der Waals surface area contributed by atoms with Gasteiger partial charge >= 0.3 is 0 Å². The van der Waals surface area contributed by atoms with E-state index in [2.05, 4.69) is 15.1 Å². The quantitative estimate of drug-likeness (QED) is 0.615. The van der Waals surface area contributed by atoms with Crippen molar-refractivity contribution in [3.63, 3.8) is 0 Å². The Hall–Kier alpha value is -2.54. The first kappa shape index (κ1) is 13.0. The number of hydrogen-bond acceptors (Lipinski definition) is 4. The van der Waals surface area contributed by atoms with Crippen molar-refractivity contribution in [1.29, 1.82) is 0 Å². The molecule has 3 aromatic rings. The van der Waals surface area contributed by atoms with Gasteiger partial charge in [-0.05, 0) is 36.5 Å². The Labute approximate surface area is 131 Å². The van der Waals surface area contributed by atoms with Crippen LogP contribution in [-0.2, 0) is 6.54 Å². The van der Waals surface area contributed by atoms with Crippen molar-refractivity contribution in [2.45, 2.75) is 25.5 Å². The van der Waals surface area contributed by atoms with Gasteiger partial charge in [0.25, 0.3) is 0 Å². The first-order valence-electron chi connectivity index (χ1n) is 7.63. The molecule has 5 rings (SSSR count). The van der Waals surface area contributed by atoms with Crippen LogP contribution in [0, 0.1) is 11.7 Å². The lowest BCUT2D eigenvalue weighted by Gasteiger charge is -2.18. The fraction of sp³-hybridized carbons (Fsp3) is 0.312. The smallest absolute Gasteiger partial charge is 0.160 e. The van der Waals surface area contributed by atoms with E-state index in [1.807, 2.05) is 4.57 Å². The number of aliphatic hydroxyl groups is 1. The summed E-state index contributed by atoms with van der Waals surface area (Å²) in [6.45, 7) is 0.505. The van der Waals surface area contributed by atoms with Gasteiger partial charge in [0.2, 0.25) is 0 Å². The summed E-state index contributed by atoms with van der Waals surface area (Å²) in [5.41, 5.74) is 2.87. The van der Waals surface area contributed by atoms with Crippen LogP contribution in [0.4, 0.5) is 4.39 Å². The molecule has 1 atom stereocenters. The minimum Gasteiger partial charge on any atom is -0.388 e. The number of fused-ring (bicyclic) bond motifs is 5. The topological polar surface area (TPSA) is 68.8 Å². The number of imidazole rings is 1. The van der Waals surface area contributed by atoms with Gasteiger partial charge in [0.05, 0.1) is 36.6 Å². The minimum atomic E-state index is -0.685. The van der Waals surface area contributed by atoms with E-state index in [0.29, 0.717) is 23.6 Å². The molecule has 1 aromatic carbocycles. The first-order chi connectivity index (χ1) is 11.2. The van der Waals surface area contributed by atoms with Crippen LogP contribution < -0.4 is 0 Å². The highest BCUT2D eigenvalue weighted by Gasteiger charge is 2.35. The molecule has 2 aliphatic rings. The van der Waals surface area contributed by atoms with Gasteiger partial charge in [-0.15, -0.1) is 0 Å². The molecule has 0 spiro atoms. The zero-order valence-electron chi connectivity index (χ0n) is 12.2. The van der Waals surface area contributed by atoms with Gasteiger partial charge in [-0.1, -0.05) is 0 Å². The predicted octanol–water partition coefficient (Wildman–Crippen LogP) is 2.08. The van der Waals surface area contributed by atoms with Gasteiger partial charge in [-0.3, -0.25) is 0 Å². The molecule has 0 amide bonds. The Bertz CT molecular complexity index is 911. The Morgan fingerprint density at radius 3 is 3.00 bits per heavy atom. The summed E-state index contributed by atoms with van der Waals surface area (Å²) in [7, 11) is 0. The monoisotopic (exact) mass is 311 g/mol. The Morgan fingerprint density at radius 2 is 2.17 bits per heavy atom. The molecule has 1 unspecified atom stereocenters. The molecule has 0 bridgehead atoms. The molecule has 23 heavy (non-hydrogen) atoms. The maximum Gasteiger partial charge on any atom is 0.160 e. The summed E-state index contributed by atoms with van der Waals surface area (Å²) in [4.78, 5) is 8.53. The maximum absolute atomic E-state index is 14.2. The van der Waals surface area contributed by atoms with E-state index in [1.54, 1.807) is 17.2 Å². The van der Waals surface area contributed by atoms with E-state index >= 15 is 0 Å². The molecular weight excluding hydrogens is 297 g/mol. The van der Waals surface area contributed by atoms with Gasteiger partial charge in [-0.25, -0.2) is 19.0 Å². The molecule has 116 valence electrons. The van der Waals surface area contributed by atoms with Crippen LogP contribution in [0.1, 0.15) is 30.2 Å². The average Bonchev–Trinajstić information content (AvgIpc) is 3.16. The standard InChI is InChI=1S/C16H14FN5O/c17-10-3-12(15(23)9-1-2-9)14-13(4-10)21-8-18-5-11(21)6-22-16(14)19-7-20-22/h3-5,7-9,15,23H,1-2,6H2. The summed E-state index contributed by atoms with van der Waals surface area (Å²) < 4.78 is 17.9. The molecule has 1 N–H and O–H groups in total. The average molecular weight is 311 g/mol. The predicted molar refractivity (Wildman–Crippen MR) is 79.3 cm³/mol. The van der Waals surface area contributed by atoms with E-state index in [9.17, 15) is 9.50 Å². The van der Waals surface area contributed by atoms with Crippen molar-refractivity contribution < 1.29 is 9.50 Å². The van der Waals surface area contributed by atoms with Crippen LogP contribution in [0.3, 0.4) is 0 Å². The molecule has 0 radical (unpaired) electrons. The summed E-state index contributed by atoms with van der Waals surface area (Å²) in [6, 6.07) is 2.89.